The lowest BCUT2D eigenvalue weighted by Gasteiger charge is -2.19. The van der Waals surface area contributed by atoms with Gasteiger partial charge in [0.15, 0.2) is 5.78 Å². The molecule has 0 fully saturated rings. The van der Waals surface area contributed by atoms with Crippen LogP contribution in [0.1, 0.15) is 38.1 Å². The van der Waals surface area contributed by atoms with E-state index in [1.165, 1.54) is 6.92 Å². The summed E-state index contributed by atoms with van der Waals surface area (Å²) in [7, 11) is 0. The van der Waals surface area contributed by atoms with E-state index < -0.39 is 0 Å². The highest BCUT2D eigenvalue weighted by Gasteiger charge is 2.11. The van der Waals surface area contributed by atoms with Crippen LogP contribution in [0.4, 0.5) is 0 Å². The van der Waals surface area contributed by atoms with Gasteiger partial charge in [0.05, 0.1) is 17.8 Å². The van der Waals surface area contributed by atoms with E-state index >= 15 is 0 Å². The van der Waals surface area contributed by atoms with Crippen LogP contribution in [0.3, 0.4) is 0 Å². The zero-order valence-electron chi connectivity index (χ0n) is 11.2. The number of rotatable bonds is 5. The monoisotopic (exact) mass is 270 g/mol. The molecule has 0 unspecified atom stereocenters. The van der Waals surface area contributed by atoms with Crippen molar-refractivity contribution in [3.05, 3.63) is 28.8 Å². The van der Waals surface area contributed by atoms with Gasteiger partial charge in [0.25, 0.3) is 0 Å². The predicted molar refractivity (Wildman–Crippen MR) is 72.7 cm³/mol. The summed E-state index contributed by atoms with van der Waals surface area (Å²) < 4.78 is 11.1. The second-order valence-electron chi connectivity index (χ2n) is 5.01. The molecule has 0 amide bonds. The number of carbonyl (C=O) groups excluding carboxylic acids is 1. The van der Waals surface area contributed by atoms with E-state index in [1.54, 1.807) is 18.2 Å². The number of halogens is 1. The Morgan fingerprint density at radius 1 is 1.28 bits per heavy atom. The molecule has 100 valence electrons. The van der Waals surface area contributed by atoms with E-state index in [9.17, 15) is 4.79 Å². The third-order valence-corrected chi connectivity index (χ3v) is 2.43. The van der Waals surface area contributed by atoms with Gasteiger partial charge >= 0.3 is 0 Å². The molecule has 0 spiro atoms. The van der Waals surface area contributed by atoms with Crippen molar-refractivity contribution in [3.63, 3.8) is 0 Å². The number of hydrogen-bond donors (Lipinski definition) is 0. The van der Waals surface area contributed by atoms with E-state index in [0.717, 1.165) is 0 Å². The third-order valence-electron chi connectivity index (χ3n) is 2.20. The number of benzene rings is 1. The molecule has 0 atom stereocenters. The van der Waals surface area contributed by atoms with E-state index in [4.69, 9.17) is 21.1 Å². The quantitative estimate of drug-likeness (QED) is 0.604. The molecule has 0 heterocycles. The van der Waals surface area contributed by atoms with Crippen molar-refractivity contribution in [2.45, 2.75) is 33.3 Å². The predicted octanol–water partition coefficient (Wildman–Crippen LogP) is 3.74. The van der Waals surface area contributed by atoms with Crippen molar-refractivity contribution in [1.82, 2.24) is 0 Å². The molecule has 3 nitrogen and oxygen atoms in total. The van der Waals surface area contributed by atoms with Crippen molar-refractivity contribution in [2.75, 3.05) is 13.2 Å². The minimum absolute atomic E-state index is 0.0655. The SMILES string of the molecule is CC(=O)c1cc(Cl)ccc1OCCOC(C)(C)C. The second kappa shape index (κ2) is 6.21. The molecule has 0 aliphatic rings. The Morgan fingerprint density at radius 3 is 2.50 bits per heavy atom. The highest BCUT2D eigenvalue weighted by Crippen LogP contribution is 2.23. The Morgan fingerprint density at radius 2 is 1.94 bits per heavy atom. The standard InChI is InChI=1S/C14H19ClO3/c1-10(16)12-9-11(15)5-6-13(12)17-7-8-18-14(2,3)4/h5-6,9H,7-8H2,1-4H3. The lowest BCUT2D eigenvalue weighted by Crippen LogP contribution is -2.22. The maximum absolute atomic E-state index is 11.4. The van der Waals surface area contributed by atoms with Crippen molar-refractivity contribution >= 4 is 17.4 Å². The van der Waals surface area contributed by atoms with Gasteiger partial charge in [-0.25, -0.2) is 0 Å². The van der Waals surface area contributed by atoms with Crippen LogP contribution in [0.15, 0.2) is 18.2 Å². The van der Waals surface area contributed by atoms with Crippen LogP contribution in [0.5, 0.6) is 5.75 Å². The summed E-state index contributed by atoms with van der Waals surface area (Å²) in [5.74, 6) is 0.480. The second-order valence-corrected chi connectivity index (χ2v) is 5.44. The summed E-state index contributed by atoms with van der Waals surface area (Å²) in [6, 6.07) is 5.02. The molecule has 0 saturated heterocycles. The number of hydrogen-bond acceptors (Lipinski definition) is 3. The third kappa shape index (κ3) is 5.07. The maximum Gasteiger partial charge on any atom is 0.163 e. The van der Waals surface area contributed by atoms with Gasteiger partial charge in [-0.1, -0.05) is 11.6 Å². The van der Waals surface area contributed by atoms with Crippen LogP contribution in [0.25, 0.3) is 0 Å². The smallest absolute Gasteiger partial charge is 0.163 e. The molecule has 4 heteroatoms. The lowest BCUT2D eigenvalue weighted by atomic mass is 10.1. The molecular formula is C14H19ClO3. The summed E-state index contributed by atoms with van der Waals surface area (Å²) in [5, 5.41) is 0.526. The molecule has 18 heavy (non-hydrogen) atoms. The minimum atomic E-state index is -0.188. The summed E-state index contributed by atoms with van der Waals surface area (Å²) in [6.07, 6.45) is 0. The first-order valence-corrected chi connectivity index (χ1v) is 6.24. The Hall–Kier alpha value is -1.06. The summed E-state index contributed by atoms with van der Waals surface area (Å²) >= 11 is 5.85. The van der Waals surface area contributed by atoms with Gasteiger partial charge in [-0.05, 0) is 45.9 Å². The Bertz CT molecular complexity index is 422. The normalized spacial score (nSPS) is 11.4. The van der Waals surface area contributed by atoms with Crippen LogP contribution >= 0.6 is 11.6 Å². The van der Waals surface area contributed by atoms with Crippen LogP contribution in [-0.4, -0.2) is 24.6 Å². The average molecular weight is 271 g/mol. The fourth-order valence-corrected chi connectivity index (χ4v) is 1.57. The van der Waals surface area contributed by atoms with Crippen molar-refractivity contribution in [3.8, 4) is 5.75 Å². The zero-order chi connectivity index (χ0) is 13.8. The van der Waals surface area contributed by atoms with Gasteiger partial charge in [-0.3, -0.25) is 4.79 Å². The molecular weight excluding hydrogens is 252 g/mol. The molecule has 1 rings (SSSR count). The largest absolute Gasteiger partial charge is 0.490 e. The number of carbonyl (C=O) groups is 1. The van der Waals surface area contributed by atoms with Gasteiger partial charge in [-0.2, -0.15) is 0 Å². The topological polar surface area (TPSA) is 35.5 Å². The number of ether oxygens (including phenoxy) is 2. The first-order chi connectivity index (χ1) is 8.29. The van der Waals surface area contributed by atoms with Crippen molar-refractivity contribution in [1.29, 1.82) is 0 Å². The Balaban J connectivity index is 2.59. The van der Waals surface area contributed by atoms with Gasteiger partial charge in [0, 0.05) is 5.02 Å². The van der Waals surface area contributed by atoms with Gasteiger partial charge in [-0.15, -0.1) is 0 Å². The van der Waals surface area contributed by atoms with Crippen LogP contribution in [-0.2, 0) is 4.74 Å². The molecule has 0 saturated carbocycles. The highest BCUT2D eigenvalue weighted by molar-refractivity contribution is 6.31. The minimum Gasteiger partial charge on any atom is -0.490 e. The summed E-state index contributed by atoms with van der Waals surface area (Å²) in [6.45, 7) is 8.32. The van der Waals surface area contributed by atoms with Gasteiger partial charge in [0.2, 0.25) is 0 Å². The summed E-state index contributed by atoms with van der Waals surface area (Å²) in [4.78, 5) is 11.4. The van der Waals surface area contributed by atoms with E-state index in [2.05, 4.69) is 0 Å². The van der Waals surface area contributed by atoms with E-state index in [0.29, 0.717) is 29.5 Å². The van der Waals surface area contributed by atoms with E-state index in [1.807, 2.05) is 20.8 Å². The Kier molecular flexibility index (Phi) is 5.17. The molecule has 1 aromatic rings. The van der Waals surface area contributed by atoms with Gasteiger partial charge in [0.1, 0.15) is 12.4 Å². The first-order valence-electron chi connectivity index (χ1n) is 5.87. The number of Topliss-reactive ketones (excluding diaryl/α,β-unsaturated/α-hetero) is 1. The maximum atomic E-state index is 11.4. The first kappa shape index (κ1) is 15.0. The molecule has 0 aromatic heterocycles. The highest BCUT2D eigenvalue weighted by atomic mass is 35.5. The molecule has 1 aromatic carbocycles. The summed E-state index contributed by atoms with van der Waals surface area (Å²) in [5.41, 5.74) is 0.311. The van der Waals surface area contributed by atoms with Crippen LogP contribution in [0.2, 0.25) is 5.02 Å². The van der Waals surface area contributed by atoms with Crippen LogP contribution < -0.4 is 4.74 Å². The molecule has 0 N–H and O–H groups in total. The molecule has 0 bridgehead atoms. The van der Waals surface area contributed by atoms with Gasteiger partial charge < -0.3 is 9.47 Å². The van der Waals surface area contributed by atoms with Crippen LogP contribution in [0, 0.1) is 0 Å². The van der Waals surface area contributed by atoms with Crippen molar-refractivity contribution < 1.29 is 14.3 Å². The zero-order valence-corrected chi connectivity index (χ0v) is 12.0. The molecule has 0 aliphatic carbocycles. The lowest BCUT2D eigenvalue weighted by molar-refractivity contribution is -0.0163. The fourth-order valence-electron chi connectivity index (χ4n) is 1.40. The fraction of sp³-hybridized carbons (Fsp3) is 0.500. The van der Waals surface area contributed by atoms with E-state index in [-0.39, 0.29) is 11.4 Å². The Labute approximate surface area is 113 Å². The molecule has 0 radical (unpaired) electrons. The average Bonchev–Trinajstić information content (AvgIpc) is 2.24. The number of ketones is 1. The van der Waals surface area contributed by atoms with Crippen molar-refractivity contribution in [2.24, 2.45) is 0 Å². The molecule has 0 aliphatic heterocycles.